The molecule has 1 rings (SSSR count). The Kier molecular flexibility index (Phi) is 4.80. The number of carboxylic acid groups (broad SMARTS) is 1. The van der Waals surface area contributed by atoms with Crippen LogP contribution >= 0.6 is 0 Å². The number of halogens is 1. The Hall–Kier alpha value is -2.18. The molecule has 0 aliphatic carbocycles. The zero-order valence-electron chi connectivity index (χ0n) is 10.6. The highest BCUT2D eigenvalue weighted by atomic mass is 19.1. The molecule has 0 aromatic heterocycles. The lowest BCUT2D eigenvalue weighted by molar-refractivity contribution is -0.384. The van der Waals surface area contributed by atoms with Crippen molar-refractivity contribution in [3.63, 3.8) is 0 Å². The predicted molar refractivity (Wildman–Crippen MR) is 68.0 cm³/mol. The quantitative estimate of drug-likeness (QED) is 0.612. The third kappa shape index (κ3) is 3.90. The van der Waals surface area contributed by atoms with Crippen LogP contribution in [-0.4, -0.2) is 22.5 Å². The average Bonchev–Trinajstić information content (AvgIpc) is 2.29. The van der Waals surface area contributed by atoms with E-state index >= 15 is 0 Å². The van der Waals surface area contributed by atoms with Crippen LogP contribution in [0.25, 0.3) is 0 Å². The summed E-state index contributed by atoms with van der Waals surface area (Å²) in [5, 5.41) is 22.4. The number of hydrogen-bond donors (Lipinski definition) is 2. The summed E-state index contributed by atoms with van der Waals surface area (Å²) in [6.45, 7) is 4.43. The van der Waals surface area contributed by atoms with Gasteiger partial charge in [-0.05, 0) is 18.4 Å². The second kappa shape index (κ2) is 6.12. The van der Waals surface area contributed by atoms with Crippen LogP contribution in [0.15, 0.2) is 12.1 Å². The van der Waals surface area contributed by atoms with Gasteiger partial charge < -0.3 is 10.4 Å². The Morgan fingerprint density at radius 1 is 1.53 bits per heavy atom. The number of anilines is 1. The first-order chi connectivity index (χ1) is 8.82. The number of nitrogens with one attached hydrogen (secondary N) is 1. The molecular formula is C12H15FN2O4. The molecule has 104 valence electrons. The molecular weight excluding hydrogens is 255 g/mol. The van der Waals surface area contributed by atoms with Gasteiger partial charge in [0.1, 0.15) is 11.5 Å². The maximum Gasteiger partial charge on any atom is 0.338 e. The maximum absolute atomic E-state index is 13.4. The van der Waals surface area contributed by atoms with E-state index in [9.17, 15) is 19.3 Å². The third-order valence-electron chi connectivity index (χ3n) is 2.55. The molecule has 0 spiro atoms. The lowest BCUT2D eigenvalue weighted by Gasteiger charge is -2.10. The van der Waals surface area contributed by atoms with Crippen molar-refractivity contribution >= 4 is 17.3 Å². The van der Waals surface area contributed by atoms with Gasteiger partial charge in [-0.2, -0.15) is 0 Å². The molecule has 0 aliphatic rings. The molecule has 0 saturated carbocycles. The van der Waals surface area contributed by atoms with Gasteiger partial charge in [-0.15, -0.1) is 0 Å². The summed E-state index contributed by atoms with van der Waals surface area (Å²) in [6, 6.07) is 1.58. The number of rotatable bonds is 6. The fourth-order valence-electron chi connectivity index (χ4n) is 1.51. The normalized spacial score (nSPS) is 10.5. The number of carboxylic acids is 1. The summed E-state index contributed by atoms with van der Waals surface area (Å²) in [5.74, 6) is -2.18. The van der Waals surface area contributed by atoms with Crippen LogP contribution in [0.2, 0.25) is 0 Å². The number of hydrogen-bond acceptors (Lipinski definition) is 4. The fourth-order valence-corrected chi connectivity index (χ4v) is 1.51. The minimum absolute atomic E-state index is 0.0180. The monoisotopic (exact) mass is 270 g/mol. The van der Waals surface area contributed by atoms with Crippen molar-refractivity contribution in [2.45, 2.75) is 20.3 Å². The minimum atomic E-state index is -1.46. The Morgan fingerprint density at radius 2 is 2.16 bits per heavy atom. The maximum atomic E-state index is 13.4. The van der Waals surface area contributed by atoms with Gasteiger partial charge in [-0.1, -0.05) is 13.8 Å². The highest BCUT2D eigenvalue weighted by Crippen LogP contribution is 2.28. The minimum Gasteiger partial charge on any atom is -0.478 e. The molecule has 0 amide bonds. The van der Waals surface area contributed by atoms with Gasteiger partial charge in [-0.3, -0.25) is 10.1 Å². The second-order valence-corrected chi connectivity index (χ2v) is 4.52. The topological polar surface area (TPSA) is 92.5 Å². The Balaban J connectivity index is 3.07. The summed E-state index contributed by atoms with van der Waals surface area (Å²) in [6.07, 6.45) is 0.761. The van der Waals surface area contributed by atoms with Crippen LogP contribution in [0.4, 0.5) is 15.8 Å². The molecule has 6 nitrogen and oxygen atoms in total. The van der Waals surface area contributed by atoms with Gasteiger partial charge >= 0.3 is 5.97 Å². The van der Waals surface area contributed by atoms with Gasteiger partial charge in [0.2, 0.25) is 0 Å². The SMILES string of the molecule is CC(C)CCNc1cc(C(=O)O)c(F)cc1[N+](=O)[O-]. The molecule has 2 N–H and O–H groups in total. The molecule has 7 heteroatoms. The summed E-state index contributed by atoms with van der Waals surface area (Å²) in [5.41, 5.74) is -1.03. The third-order valence-corrected chi connectivity index (χ3v) is 2.55. The van der Waals surface area contributed by atoms with E-state index in [1.54, 1.807) is 0 Å². The molecule has 0 heterocycles. The van der Waals surface area contributed by atoms with Gasteiger partial charge in [0.25, 0.3) is 5.69 Å². The van der Waals surface area contributed by atoms with Gasteiger partial charge in [0.15, 0.2) is 0 Å². The van der Waals surface area contributed by atoms with E-state index < -0.39 is 28.0 Å². The first-order valence-corrected chi connectivity index (χ1v) is 5.78. The molecule has 1 aromatic carbocycles. The Morgan fingerprint density at radius 3 is 2.63 bits per heavy atom. The zero-order chi connectivity index (χ0) is 14.6. The highest BCUT2D eigenvalue weighted by Gasteiger charge is 2.21. The summed E-state index contributed by atoms with van der Waals surface area (Å²) < 4.78 is 13.4. The van der Waals surface area contributed by atoms with E-state index in [2.05, 4.69) is 5.32 Å². The first kappa shape index (κ1) is 14.9. The van der Waals surface area contributed by atoms with Crippen LogP contribution in [0.1, 0.15) is 30.6 Å². The van der Waals surface area contributed by atoms with Gasteiger partial charge in [0.05, 0.1) is 16.6 Å². The lowest BCUT2D eigenvalue weighted by atomic mass is 10.1. The molecule has 0 atom stereocenters. The van der Waals surface area contributed by atoms with E-state index in [1.807, 2.05) is 13.8 Å². The number of nitro groups is 1. The van der Waals surface area contributed by atoms with Crippen LogP contribution in [0, 0.1) is 21.8 Å². The van der Waals surface area contributed by atoms with E-state index in [0.29, 0.717) is 18.5 Å². The predicted octanol–water partition coefficient (Wildman–Crippen LogP) is 2.89. The van der Waals surface area contributed by atoms with E-state index in [4.69, 9.17) is 5.11 Å². The molecule has 19 heavy (non-hydrogen) atoms. The number of aromatic carboxylic acids is 1. The smallest absolute Gasteiger partial charge is 0.338 e. The lowest BCUT2D eigenvalue weighted by Crippen LogP contribution is -2.09. The van der Waals surface area contributed by atoms with Crippen molar-refractivity contribution in [1.29, 1.82) is 0 Å². The zero-order valence-corrected chi connectivity index (χ0v) is 10.6. The molecule has 0 aliphatic heterocycles. The Bertz CT molecular complexity index is 503. The van der Waals surface area contributed by atoms with Crippen molar-refractivity contribution in [1.82, 2.24) is 0 Å². The summed E-state index contributed by atoms with van der Waals surface area (Å²) in [4.78, 5) is 20.9. The van der Waals surface area contributed by atoms with Crippen molar-refractivity contribution < 1.29 is 19.2 Å². The summed E-state index contributed by atoms with van der Waals surface area (Å²) >= 11 is 0. The number of nitrogens with zero attached hydrogens (tertiary/aromatic N) is 1. The molecule has 1 aromatic rings. The van der Waals surface area contributed by atoms with Crippen molar-refractivity contribution in [3.05, 3.63) is 33.6 Å². The van der Waals surface area contributed by atoms with Crippen LogP contribution in [-0.2, 0) is 0 Å². The largest absolute Gasteiger partial charge is 0.478 e. The van der Waals surface area contributed by atoms with Crippen molar-refractivity contribution in [2.75, 3.05) is 11.9 Å². The van der Waals surface area contributed by atoms with Crippen LogP contribution in [0.5, 0.6) is 0 Å². The molecule has 0 radical (unpaired) electrons. The molecule has 0 bridgehead atoms. The van der Waals surface area contributed by atoms with E-state index in [-0.39, 0.29) is 5.69 Å². The van der Waals surface area contributed by atoms with Crippen molar-refractivity contribution in [3.8, 4) is 0 Å². The summed E-state index contributed by atoms with van der Waals surface area (Å²) in [7, 11) is 0. The average molecular weight is 270 g/mol. The van der Waals surface area contributed by atoms with Gasteiger partial charge in [-0.25, -0.2) is 9.18 Å². The number of carbonyl (C=O) groups is 1. The Labute approximate surface area is 109 Å². The fraction of sp³-hybridized carbons (Fsp3) is 0.417. The number of nitro benzene ring substituents is 1. The second-order valence-electron chi connectivity index (χ2n) is 4.52. The van der Waals surface area contributed by atoms with E-state index in [1.165, 1.54) is 0 Å². The van der Waals surface area contributed by atoms with Gasteiger partial charge in [0, 0.05) is 6.54 Å². The van der Waals surface area contributed by atoms with Crippen LogP contribution in [0.3, 0.4) is 0 Å². The van der Waals surface area contributed by atoms with E-state index in [0.717, 1.165) is 12.5 Å². The molecule has 0 saturated heterocycles. The molecule has 0 fully saturated rings. The first-order valence-electron chi connectivity index (χ1n) is 5.78. The molecule has 0 unspecified atom stereocenters. The number of benzene rings is 1. The standard InChI is InChI=1S/C12H15FN2O4/c1-7(2)3-4-14-10-5-8(12(16)17)9(13)6-11(10)15(18)19/h5-7,14H,3-4H2,1-2H3,(H,16,17). The highest BCUT2D eigenvalue weighted by molar-refractivity contribution is 5.90. The van der Waals surface area contributed by atoms with Crippen molar-refractivity contribution in [2.24, 2.45) is 5.92 Å². The van der Waals surface area contributed by atoms with Crippen LogP contribution < -0.4 is 5.32 Å².